The van der Waals surface area contributed by atoms with Gasteiger partial charge in [0.2, 0.25) is 5.91 Å². The molecule has 2 rings (SSSR count). The van der Waals surface area contributed by atoms with Crippen molar-refractivity contribution in [1.82, 2.24) is 5.32 Å². The molecule has 0 spiro atoms. The molecule has 1 aliphatic rings. The van der Waals surface area contributed by atoms with Crippen molar-refractivity contribution in [2.24, 2.45) is 5.41 Å². The molecule has 0 radical (unpaired) electrons. The van der Waals surface area contributed by atoms with Gasteiger partial charge in [-0.2, -0.15) is 13.2 Å². The fourth-order valence-electron chi connectivity index (χ4n) is 2.63. The summed E-state index contributed by atoms with van der Waals surface area (Å²) in [5.41, 5.74) is -0.758. The number of hydrogen-bond donors (Lipinski definition) is 1. The van der Waals surface area contributed by atoms with Gasteiger partial charge in [-0.05, 0) is 37.1 Å². The third kappa shape index (κ3) is 2.77. The molecule has 1 aromatic carbocycles. The Balaban J connectivity index is 2.28. The van der Waals surface area contributed by atoms with E-state index in [1.54, 1.807) is 12.1 Å². The highest BCUT2D eigenvalue weighted by atomic mass is 19.4. The number of halogens is 3. The van der Waals surface area contributed by atoms with Crippen LogP contribution in [0.3, 0.4) is 0 Å². The third-order valence-electron chi connectivity index (χ3n) is 4.14. The number of anilines is 1. The number of carbonyl (C=O) groups excluding carboxylic acids is 1. The number of hydrogen-bond acceptors (Lipinski definition) is 2. The molecule has 1 heterocycles. The number of nitrogens with one attached hydrogen (secondary N) is 1. The maximum Gasteiger partial charge on any atom is 0.404 e. The number of benzene rings is 1. The van der Waals surface area contributed by atoms with Crippen molar-refractivity contribution in [2.45, 2.75) is 25.9 Å². The van der Waals surface area contributed by atoms with Gasteiger partial charge in [0, 0.05) is 19.3 Å². The van der Waals surface area contributed by atoms with Gasteiger partial charge in [0.1, 0.15) is 0 Å². The molecule has 1 aliphatic heterocycles. The highest BCUT2D eigenvalue weighted by Crippen LogP contribution is 2.44. The first-order chi connectivity index (χ1) is 9.82. The van der Waals surface area contributed by atoms with E-state index in [1.165, 1.54) is 7.05 Å². The minimum absolute atomic E-state index is 0.202. The van der Waals surface area contributed by atoms with Gasteiger partial charge >= 0.3 is 6.18 Å². The van der Waals surface area contributed by atoms with E-state index in [9.17, 15) is 18.0 Å². The van der Waals surface area contributed by atoms with Crippen molar-refractivity contribution in [3.63, 3.8) is 0 Å². The maximum absolute atomic E-state index is 13.4. The van der Waals surface area contributed by atoms with Crippen LogP contribution in [0.2, 0.25) is 0 Å². The molecule has 1 unspecified atom stereocenters. The van der Waals surface area contributed by atoms with Gasteiger partial charge in [0.05, 0.1) is 0 Å². The largest absolute Gasteiger partial charge is 0.404 e. The summed E-state index contributed by atoms with van der Waals surface area (Å²) < 4.78 is 40.1. The fraction of sp³-hybridized carbons (Fsp3) is 0.533. The van der Waals surface area contributed by atoms with Crippen molar-refractivity contribution in [3.8, 4) is 0 Å². The van der Waals surface area contributed by atoms with E-state index in [4.69, 9.17) is 0 Å². The number of alkyl halides is 3. The number of aryl methyl sites for hydroxylation is 1. The highest BCUT2D eigenvalue weighted by molar-refractivity contribution is 5.98. The average Bonchev–Trinajstić information content (AvgIpc) is 2.96. The van der Waals surface area contributed by atoms with Gasteiger partial charge in [-0.25, -0.2) is 0 Å². The van der Waals surface area contributed by atoms with Crippen molar-refractivity contribution < 1.29 is 18.0 Å². The van der Waals surface area contributed by atoms with Crippen molar-refractivity contribution in [2.75, 3.05) is 25.0 Å². The first-order valence-electron chi connectivity index (χ1n) is 6.96. The molecule has 116 valence electrons. The monoisotopic (exact) mass is 300 g/mol. The summed E-state index contributed by atoms with van der Waals surface area (Å²) in [5.74, 6) is -0.899. The molecule has 0 aromatic heterocycles. The predicted octanol–water partition coefficient (Wildman–Crippen LogP) is 2.75. The molecule has 1 atom stereocenters. The molecule has 1 aromatic rings. The number of amides is 1. The van der Waals surface area contributed by atoms with Crippen molar-refractivity contribution in [3.05, 3.63) is 29.8 Å². The normalized spacial score (nSPS) is 22.3. The van der Waals surface area contributed by atoms with Crippen molar-refractivity contribution >= 4 is 11.6 Å². The van der Waals surface area contributed by atoms with Crippen LogP contribution < -0.4 is 10.2 Å². The van der Waals surface area contributed by atoms with Crippen LogP contribution in [0.4, 0.5) is 18.9 Å². The van der Waals surface area contributed by atoms with E-state index >= 15 is 0 Å². The summed E-state index contributed by atoms with van der Waals surface area (Å²) in [6.45, 7) is 1.84. The Labute approximate surface area is 122 Å². The standard InChI is InChI=1S/C15H19F3N2O/c1-3-11-4-6-12(7-5-11)20(2)13(21)14(15(16,17)18)8-9-19-10-14/h4-7,19H,3,8-10H2,1-2H3. The van der Waals surface area contributed by atoms with Crippen LogP contribution in [0.5, 0.6) is 0 Å². The molecule has 1 amide bonds. The molecule has 3 nitrogen and oxygen atoms in total. The van der Waals surface area contributed by atoms with E-state index < -0.39 is 17.5 Å². The summed E-state index contributed by atoms with van der Waals surface area (Å²) >= 11 is 0. The molecule has 21 heavy (non-hydrogen) atoms. The topological polar surface area (TPSA) is 32.3 Å². The molecule has 0 aliphatic carbocycles. The van der Waals surface area contributed by atoms with Crippen LogP contribution in [-0.4, -0.2) is 32.2 Å². The number of carbonyl (C=O) groups is 1. The Bertz CT molecular complexity index is 505. The number of nitrogens with zero attached hydrogens (tertiary/aromatic N) is 1. The SMILES string of the molecule is CCc1ccc(N(C)C(=O)C2(C(F)(F)F)CCNC2)cc1. The summed E-state index contributed by atoms with van der Waals surface area (Å²) in [5, 5.41) is 2.66. The molecular weight excluding hydrogens is 281 g/mol. The highest BCUT2D eigenvalue weighted by Gasteiger charge is 2.62. The second kappa shape index (κ2) is 5.67. The fourth-order valence-corrected chi connectivity index (χ4v) is 2.63. The lowest BCUT2D eigenvalue weighted by molar-refractivity contribution is -0.214. The quantitative estimate of drug-likeness (QED) is 0.931. The lowest BCUT2D eigenvalue weighted by Gasteiger charge is -2.33. The smallest absolute Gasteiger partial charge is 0.315 e. The minimum Gasteiger partial charge on any atom is -0.315 e. The van der Waals surface area contributed by atoms with Crippen molar-refractivity contribution in [1.29, 1.82) is 0 Å². The molecule has 0 saturated carbocycles. The molecular formula is C15H19F3N2O. The van der Waals surface area contributed by atoms with Crippen LogP contribution in [0.1, 0.15) is 18.9 Å². The molecule has 0 bridgehead atoms. The van der Waals surface area contributed by atoms with Crippen LogP contribution in [0.15, 0.2) is 24.3 Å². The van der Waals surface area contributed by atoms with E-state index in [1.807, 2.05) is 19.1 Å². The number of rotatable bonds is 3. The lowest BCUT2D eigenvalue weighted by Crippen LogP contribution is -2.52. The first kappa shape index (κ1) is 15.8. The van der Waals surface area contributed by atoms with Gasteiger partial charge < -0.3 is 10.2 Å². The molecule has 1 saturated heterocycles. The minimum atomic E-state index is -4.55. The Morgan fingerprint density at radius 3 is 2.38 bits per heavy atom. The summed E-state index contributed by atoms with van der Waals surface area (Å²) in [6, 6.07) is 7.02. The Kier molecular flexibility index (Phi) is 4.27. The van der Waals surface area contributed by atoms with E-state index in [0.717, 1.165) is 16.9 Å². The predicted molar refractivity (Wildman–Crippen MR) is 75.2 cm³/mol. The van der Waals surface area contributed by atoms with Crippen LogP contribution in [-0.2, 0) is 11.2 Å². The molecule has 6 heteroatoms. The Hall–Kier alpha value is -1.56. The van der Waals surface area contributed by atoms with Gasteiger partial charge in [-0.15, -0.1) is 0 Å². The third-order valence-corrected chi connectivity index (χ3v) is 4.14. The average molecular weight is 300 g/mol. The summed E-state index contributed by atoms with van der Waals surface area (Å²) in [4.78, 5) is 13.5. The summed E-state index contributed by atoms with van der Waals surface area (Å²) in [6.07, 6.45) is -3.92. The molecule has 1 fully saturated rings. The van der Waals surface area contributed by atoms with E-state index in [-0.39, 0.29) is 19.5 Å². The Morgan fingerprint density at radius 1 is 1.33 bits per heavy atom. The van der Waals surface area contributed by atoms with E-state index in [0.29, 0.717) is 5.69 Å². The Morgan fingerprint density at radius 2 is 1.95 bits per heavy atom. The van der Waals surface area contributed by atoms with Gasteiger partial charge in [-0.3, -0.25) is 4.79 Å². The van der Waals surface area contributed by atoms with E-state index in [2.05, 4.69) is 5.32 Å². The second-order valence-corrected chi connectivity index (χ2v) is 5.39. The first-order valence-corrected chi connectivity index (χ1v) is 6.96. The van der Waals surface area contributed by atoms with Gasteiger partial charge in [-0.1, -0.05) is 19.1 Å². The molecule has 1 N–H and O–H groups in total. The van der Waals surface area contributed by atoms with Crippen LogP contribution in [0, 0.1) is 5.41 Å². The van der Waals surface area contributed by atoms with Crippen LogP contribution in [0.25, 0.3) is 0 Å². The zero-order chi connectivity index (χ0) is 15.7. The zero-order valence-corrected chi connectivity index (χ0v) is 12.1. The summed E-state index contributed by atoms with van der Waals surface area (Å²) in [7, 11) is 1.40. The maximum atomic E-state index is 13.4. The van der Waals surface area contributed by atoms with Crippen LogP contribution >= 0.6 is 0 Å². The van der Waals surface area contributed by atoms with Gasteiger partial charge in [0.15, 0.2) is 5.41 Å². The second-order valence-electron chi connectivity index (χ2n) is 5.39. The van der Waals surface area contributed by atoms with Gasteiger partial charge in [0.25, 0.3) is 0 Å². The lowest BCUT2D eigenvalue weighted by atomic mass is 9.84. The zero-order valence-electron chi connectivity index (χ0n) is 12.1.